The van der Waals surface area contributed by atoms with Gasteiger partial charge in [0.25, 0.3) is 0 Å². The molecule has 1 aromatic rings. The number of hydrogen-bond donors (Lipinski definition) is 1. The van der Waals surface area contributed by atoms with Gasteiger partial charge in [-0.05, 0) is 25.5 Å². The van der Waals surface area contributed by atoms with E-state index >= 15 is 0 Å². The average molecular weight is 211 g/mol. The predicted octanol–water partition coefficient (Wildman–Crippen LogP) is 1.40. The summed E-state index contributed by atoms with van der Waals surface area (Å²) in [5, 5.41) is 9.05. The van der Waals surface area contributed by atoms with Gasteiger partial charge in [-0.3, -0.25) is 4.79 Å². The molecule has 1 N–H and O–H groups in total. The predicted molar refractivity (Wildman–Crippen MR) is 56.1 cm³/mol. The molecule has 1 rings (SSSR count). The Balaban J connectivity index is 2.33. The van der Waals surface area contributed by atoms with Crippen molar-refractivity contribution in [1.82, 2.24) is 4.90 Å². The normalized spacial score (nSPS) is 12.5. The molecule has 84 valence electrons. The van der Waals surface area contributed by atoms with Crippen LogP contribution in [0.1, 0.15) is 25.5 Å². The first-order valence-corrected chi connectivity index (χ1v) is 5.04. The van der Waals surface area contributed by atoms with Crippen molar-refractivity contribution in [3.05, 3.63) is 24.2 Å². The largest absolute Gasteiger partial charge is 0.467 e. The maximum Gasteiger partial charge on any atom is 0.222 e. The lowest BCUT2D eigenvalue weighted by molar-refractivity contribution is -0.131. The van der Waals surface area contributed by atoms with E-state index in [9.17, 15) is 4.79 Å². The van der Waals surface area contributed by atoms with Crippen molar-refractivity contribution in [2.24, 2.45) is 0 Å². The van der Waals surface area contributed by atoms with Gasteiger partial charge in [0.2, 0.25) is 5.91 Å². The molecular weight excluding hydrogens is 194 g/mol. The van der Waals surface area contributed by atoms with Crippen molar-refractivity contribution in [3.63, 3.8) is 0 Å². The Morgan fingerprint density at radius 2 is 2.40 bits per heavy atom. The fourth-order valence-corrected chi connectivity index (χ4v) is 1.25. The molecule has 4 nitrogen and oxygen atoms in total. The van der Waals surface area contributed by atoms with Crippen LogP contribution in [0.25, 0.3) is 0 Å². The Hall–Kier alpha value is -1.29. The Morgan fingerprint density at radius 1 is 1.67 bits per heavy atom. The van der Waals surface area contributed by atoms with Crippen LogP contribution in [0, 0.1) is 0 Å². The van der Waals surface area contributed by atoms with Gasteiger partial charge in [-0.15, -0.1) is 0 Å². The summed E-state index contributed by atoms with van der Waals surface area (Å²) in [5.74, 6) is 0.787. The SMILES string of the molecule is CC(O)CCC(=O)N(C)Cc1ccco1. The van der Waals surface area contributed by atoms with Crippen LogP contribution in [0.5, 0.6) is 0 Å². The molecule has 0 saturated heterocycles. The number of rotatable bonds is 5. The van der Waals surface area contributed by atoms with Crippen LogP contribution < -0.4 is 0 Å². The van der Waals surface area contributed by atoms with E-state index in [1.165, 1.54) is 0 Å². The second-order valence-electron chi connectivity index (χ2n) is 3.72. The minimum Gasteiger partial charge on any atom is -0.467 e. The van der Waals surface area contributed by atoms with Crippen molar-refractivity contribution in [2.75, 3.05) is 7.05 Å². The number of furan rings is 1. The number of carbonyl (C=O) groups is 1. The lowest BCUT2D eigenvalue weighted by atomic mass is 10.2. The highest BCUT2D eigenvalue weighted by molar-refractivity contribution is 5.75. The van der Waals surface area contributed by atoms with Gasteiger partial charge < -0.3 is 14.4 Å². The molecule has 1 aromatic heterocycles. The molecule has 0 aliphatic heterocycles. The summed E-state index contributed by atoms with van der Waals surface area (Å²) in [6.07, 6.45) is 2.03. The van der Waals surface area contributed by atoms with Crippen molar-refractivity contribution in [2.45, 2.75) is 32.4 Å². The Kier molecular flexibility index (Phi) is 4.37. The highest BCUT2D eigenvalue weighted by Gasteiger charge is 2.11. The Morgan fingerprint density at radius 3 is 2.93 bits per heavy atom. The standard InChI is InChI=1S/C11H17NO3/c1-9(13)5-6-11(14)12(2)8-10-4-3-7-15-10/h3-4,7,9,13H,5-6,8H2,1-2H3. The van der Waals surface area contributed by atoms with Gasteiger partial charge in [0.1, 0.15) is 5.76 Å². The third-order valence-corrected chi connectivity index (χ3v) is 2.17. The molecular formula is C11H17NO3. The van der Waals surface area contributed by atoms with Crippen LogP contribution in [0.4, 0.5) is 0 Å². The summed E-state index contributed by atoms with van der Waals surface area (Å²) in [7, 11) is 1.73. The second kappa shape index (κ2) is 5.56. The third kappa shape index (κ3) is 4.16. The van der Waals surface area contributed by atoms with Crippen molar-refractivity contribution < 1.29 is 14.3 Å². The molecule has 0 fully saturated rings. The minimum atomic E-state index is -0.425. The second-order valence-corrected chi connectivity index (χ2v) is 3.72. The van der Waals surface area contributed by atoms with Gasteiger partial charge in [0, 0.05) is 13.5 Å². The quantitative estimate of drug-likeness (QED) is 0.801. The first kappa shape index (κ1) is 11.8. The number of nitrogens with zero attached hydrogens (tertiary/aromatic N) is 1. The molecule has 0 aromatic carbocycles. The Bertz CT molecular complexity index is 293. The fraction of sp³-hybridized carbons (Fsp3) is 0.545. The van der Waals surface area contributed by atoms with E-state index in [0.29, 0.717) is 19.4 Å². The zero-order valence-corrected chi connectivity index (χ0v) is 9.14. The van der Waals surface area contributed by atoms with E-state index in [2.05, 4.69) is 0 Å². The van der Waals surface area contributed by atoms with Crippen LogP contribution in [0.3, 0.4) is 0 Å². The smallest absolute Gasteiger partial charge is 0.222 e. The monoisotopic (exact) mass is 211 g/mol. The molecule has 1 unspecified atom stereocenters. The third-order valence-electron chi connectivity index (χ3n) is 2.17. The molecule has 0 bridgehead atoms. The summed E-state index contributed by atoms with van der Waals surface area (Å²) in [6.45, 7) is 2.16. The van der Waals surface area contributed by atoms with E-state index in [1.54, 1.807) is 31.2 Å². The molecule has 15 heavy (non-hydrogen) atoms. The molecule has 1 atom stereocenters. The molecule has 1 heterocycles. The van der Waals surface area contributed by atoms with Crippen LogP contribution in [0.2, 0.25) is 0 Å². The number of carbonyl (C=O) groups excluding carboxylic acids is 1. The minimum absolute atomic E-state index is 0.0206. The lowest BCUT2D eigenvalue weighted by Gasteiger charge is -2.16. The highest BCUT2D eigenvalue weighted by atomic mass is 16.3. The van der Waals surface area contributed by atoms with E-state index in [1.807, 2.05) is 6.07 Å². The van der Waals surface area contributed by atoms with E-state index < -0.39 is 6.10 Å². The average Bonchev–Trinajstić information content (AvgIpc) is 2.66. The van der Waals surface area contributed by atoms with Gasteiger partial charge in [0.05, 0.1) is 18.9 Å². The fourth-order valence-electron chi connectivity index (χ4n) is 1.25. The van der Waals surface area contributed by atoms with E-state index in [4.69, 9.17) is 9.52 Å². The summed E-state index contributed by atoms with van der Waals surface area (Å²) in [6, 6.07) is 3.63. The van der Waals surface area contributed by atoms with Gasteiger partial charge in [-0.2, -0.15) is 0 Å². The number of aliphatic hydroxyl groups is 1. The molecule has 0 aliphatic carbocycles. The maximum atomic E-state index is 11.5. The number of aliphatic hydroxyl groups excluding tert-OH is 1. The van der Waals surface area contributed by atoms with Crippen LogP contribution in [-0.4, -0.2) is 29.1 Å². The van der Waals surface area contributed by atoms with Gasteiger partial charge in [-0.25, -0.2) is 0 Å². The van der Waals surface area contributed by atoms with Crippen molar-refractivity contribution in [1.29, 1.82) is 0 Å². The molecule has 0 saturated carbocycles. The summed E-state index contributed by atoms with van der Waals surface area (Å²) < 4.78 is 5.14. The van der Waals surface area contributed by atoms with Crippen LogP contribution in [-0.2, 0) is 11.3 Å². The molecule has 4 heteroatoms. The number of amides is 1. The van der Waals surface area contributed by atoms with Crippen molar-refractivity contribution in [3.8, 4) is 0 Å². The summed E-state index contributed by atoms with van der Waals surface area (Å²) in [5.41, 5.74) is 0. The topological polar surface area (TPSA) is 53.7 Å². The van der Waals surface area contributed by atoms with Gasteiger partial charge in [-0.1, -0.05) is 0 Å². The van der Waals surface area contributed by atoms with Crippen LogP contribution in [0.15, 0.2) is 22.8 Å². The summed E-state index contributed by atoms with van der Waals surface area (Å²) in [4.78, 5) is 13.1. The Labute approximate surface area is 89.5 Å². The molecule has 0 spiro atoms. The first-order valence-electron chi connectivity index (χ1n) is 5.04. The van der Waals surface area contributed by atoms with E-state index in [-0.39, 0.29) is 5.91 Å². The zero-order valence-electron chi connectivity index (χ0n) is 9.14. The highest BCUT2D eigenvalue weighted by Crippen LogP contribution is 2.06. The molecule has 1 amide bonds. The molecule has 0 aliphatic rings. The maximum absolute atomic E-state index is 11.5. The zero-order chi connectivity index (χ0) is 11.3. The summed E-state index contributed by atoms with van der Waals surface area (Å²) >= 11 is 0. The first-order chi connectivity index (χ1) is 7.09. The van der Waals surface area contributed by atoms with E-state index in [0.717, 1.165) is 5.76 Å². The van der Waals surface area contributed by atoms with Gasteiger partial charge in [0.15, 0.2) is 0 Å². The number of hydrogen-bond acceptors (Lipinski definition) is 3. The van der Waals surface area contributed by atoms with Gasteiger partial charge >= 0.3 is 0 Å². The molecule has 0 radical (unpaired) electrons. The van der Waals surface area contributed by atoms with Crippen LogP contribution >= 0.6 is 0 Å². The lowest BCUT2D eigenvalue weighted by Crippen LogP contribution is -2.26. The van der Waals surface area contributed by atoms with Crippen molar-refractivity contribution >= 4 is 5.91 Å².